The summed E-state index contributed by atoms with van der Waals surface area (Å²) in [5.41, 5.74) is 10.8. The van der Waals surface area contributed by atoms with Crippen LogP contribution in [0.15, 0.2) is 72.8 Å². The molecule has 0 aliphatic carbocycles. The molecule has 26 heavy (non-hydrogen) atoms. The summed E-state index contributed by atoms with van der Waals surface area (Å²) in [5.74, 6) is 1.37. The number of rotatable bonds is 7. The Labute approximate surface area is 155 Å². The van der Waals surface area contributed by atoms with Gasteiger partial charge in [0.1, 0.15) is 18.1 Å². The SMILES string of the molecule is Cc1ccccc1COc1ccc(CC(CN)c2ccc(O)cc2)cc1. The lowest BCUT2D eigenvalue weighted by molar-refractivity contribution is 0.305. The van der Waals surface area contributed by atoms with Crippen LogP contribution in [-0.4, -0.2) is 11.7 Å². The molecule has 0 spiro atoms. The smallest absolute Gasteiger partial charge is 0.119 e. The summed E-state index contributed by atoms with van der Waals surface area (Å²) >= 11 is 0. The van der Waals surface area contributed by atoms with Crippen molar-refractivity contribution >= 4 is 0 Å². The Morgan fingerprint density at radius 2 is 1.62 bits per heavy atom. The second-order valence-corrected chi connectivity index (χ2v) is 6.59. The molecule has 0 heterocycles. The summed E-state index contributed by atoms with van der Waals surface area (Å²) in [4.78, 5) is 0. The standard InChI is InChI=1S/C23H25NO2/c1-17-4-2-3-5-20(17)16-26-23-12-6-18(7-13-23)14-21(15-24)19-8-10-22(25)11-9-19/h2-13,21,25H,14-16,24H2,1H3. The zero-order chi connectivity index (χ0) is 18.4. The van der Waals surface area contributed by atoms with Gasteiger partial charge < -0.3 is 15.6 Å². The van der Waals surface area contributed by atoms with E-state index in [1.165, 1.54) is 16.7 Å². The lowest BCUT2D eigenvalue weighted by Gasteiger charge is -2.16. The number of phenolic OH excluding ortho intramolecular Hbond substituents is 1. The van der Waals surface area contributed by atoms with E-state index in [0.717, 1.165) is 17.7 Å². The fraction of sp³-hybridized carbons (Fsp3) is 0.217. The molecule has 3 N–H and O–H groups in total. The summed E-state index contributed by atoms with van der Waals surface area (Å²) < 4.78 is 5.90. The molecule has 3 aromatic rings. The maximum atomic E-state index is 9.44. The van der Waals surface area contributed by atoms with Crippen molar-refractivity contribution in [3.05, 3.63) is 95.1 Å². The van der Waals surface area contributed by atoms with Gasteiger partial charge in [0.05, 0.1) is 0 Å². The fourth-order valence-corrected chi connectivity index (χ4v) is 3.02. The van der Waals surface area contributed by atoms with Crippen molar-refractivity contribution in [3.63, 3.8) is 0 Å². The maximum absolute atomic E-state index is 9.44. The Morgan fingerprint density at radius 1 is 0.923 bits per heavy atom. The van der Waals surface area contributed by atoms with E-state index in [-0.39, 0.29) is 11.7 Å². The predicted molar refractivity (Wildman–Crippen MR) is 106 cm³/mol. The number of aromatic hydroxyl groups is 1. The summed E-state index contributed by atoms with van der Waals surface area (Å²) in [7, 11) is 0. The van der Waals surface area contributed by atoms with Gasteiger partial charge >= 0.3 is 0 Å². The Bertz CT molecular complexity index is 826. The van der Waals surface area contributed by atoms with Crippen LogP contribution in [0.3, 0.4) is 0 Å². The van der Waals surface area contributed by atoms with E-state index in [0.29, 0.717) is 13.2 Å². The van der Waals surface area contributed by atoms with Crippen molar-refractivity contribution in [1.29, 1.82) is 0 Å². The van der Waals surface area contributed by atoms with Crippen molar-refractivity contribution in [3.8, 4) is 11.5 Å². The van der Waals surface area contributed by atoms with Gasteiger partial charge in [-0.1, -0.05) is 48.5 Å². The van der Waals surface area contributed by atoms with Crippen LogP contribution in [-0.2, 0) is 13.0 Å². The van der Waals surface area contributed by atoms with Gasteiger partial charge in [-0.3, -0.25) is 0 Å². The lowest BCUT2D eigenvalue weighted by atomic mass is 9.92. The third kappa shape index (κ3) is 4.64. The maximum Gasteiger partial charge on any atom is 0.119 e. The molecule has 0 amide bonds. The highest BCUT2D eigenvalue weighted by molar-refractivity contribution is 5.33. The van der Waals surface area contributed by atoms with E-state index in [9.17, 15) is 5.11 Å². The number of benzene rings is 3. The van der Waals surface area contributed by atoms with Crippen LogP contribution in [0.4, 0.5) is 0 Å². The normalized spacial score (nSPS) is 11.9. The largest absolute Gasteiger partial charge is 0.508 e. The van der Waals surface area contributed by atoms with E-state index >= 15 is 0 Å². The Balaban J connectivity index is 1.61. The molecule has 0 fully saturated rings. The molecule has 3 nitrogen and oxygen atoms in total. The summed E-state index contributed by atoms with van der Waals surface area (Å²) in [6.07, 6.45) is 0.860. The number of hydrogen-bond donors (Lipinski definition) is 2. The van der Waals surface area contributed by atoms with E-state index in [4.69, 9.17) is 10.5 Å². The highest BCUT2D eigenvalue weighted by Gasteiger charge is 2.11. The second-order valence-electron chi connectivity index (χ2n) is 6.59. The average Bonchev–Trinajstić information content (AvgIpc) is 2.67. The van der Waals surface area contributed by atoms with Crippen LogP contribution < -0.4 is 10.5 Å². The van der Waals surface area contributed by atoms with Gasteiger partial charge in [-0.05, 0) is 66.4 Å². The van der Waals surface area contributed by atoms with E-state index in [2.05, 4.69) is 31.2 Å². The molecule has 3 aromatic carbocycles. The fourth-order valence-electron chi connectivity index (χ4n) is 3.02. The predicted octanol–water partition coefficient (Wildman–Crippen LogP) is 4.56. The number of hydrogen-bond acceptors (Lipinski definition) is 3. The highest BCUT2D eigenvalue weighted by Crippen LogP contribution is 2.23. The first-order chi connectivity index (χ1) is 12.7. The van der Waals surface area contributed by atoms with Gasteiger partial charge in [-0.25, -0.2) is 0 Å². The van der Waals surface area contributed by atoms with Gasteiger partial charge in [0, 0.05) is 5.92 Å². The van der Waals surface area contributed by atoms with E-state index in [1.54, 1.807) is 12.1 Å². The first-order valence-electron chi connectivity index (χ1n) is 8.91. The topological polar surface area (TPSA) is 55.5 Å². The van der Waals surface area contributed by atoms with Crippen LogP contribution in [0.1, 0.15) is 28.2 Å². The second kappa shape index (κ2) is 8.54. The first kappa shape index (κ1) is 18.0. The number of aryl methyl sites for hydroxylation is 1. The average molecular weight is 347 g/mol. The van der Waals surface area contributed by atoms with Crippen LogP contribution in [0.2, 0.25) is 0 Å². The molecule has 0 saturated heterocycles. The van der Waals surface area contributed by atoms with Crippen LogP contribution in [0, 0.1) is 6.92 Å². The van der Waals surface area contributed by atoms with Crippen LogP contribution in [0.25, 0.3) is 0 Å². The van der Waals surface area contributed by atoms with Crippen LogP contribution >= 0.6 is 0 Å². The monoisotopic (exact) mass is 347 g/mol. The summed E-state index contributed by atoms with van der Waals surface area (Å²) in [6, 6.07) is 23.8. The third-order valence-corrected chi connectivity index (χ3v) is 4.71. The van der Waals surface area contributed by atoms with Crippen molar-refractivity contribution in [1.82, 2.24) is 0 Å². The zero-order valence-electron chi connectivity index (χ0n) is 15.1. The van der Waals surface area contributed by atoms with Gasteiger partial charge in [0.25, 0.3) is 0 Å². The van der Waals surface area contributed by atoms with E-state index < -0.39 is 0 Å². The molecular formula is C23H25NO2. The zero-order valence-corrected chi connectivity index (χ0v) is 15.1. The molecule has 1 atom stereocenters. The number of nitrogens with two attached hydrogens (primary N) is 1. The molecule has 0 saturated carbocycles. The Hall–Kier alpha value is -2.78. The van der Waals surface area contributed by atoms with Crippen molar-refractivity contribution in [2.75, 3.05) is 6.54 Å². The quantitative estimate of drug-likeness (QED) is 0.658. The van der Waals surface area contributed by atoms with Crippen molar-refractivity contribution in [2.24, 2.45) is 5.73 Å². The Kier molecular flexibility index (Phi) is 5.92. The van der Waals surface area contributed by atoms with Crippen LogP contribution in [0.5, 0.6) is 11.5 Å². The molecule has 0 aliphatic heterocycles. The molecule has 1 unspecified atom stereocenters. The first-order valence-corrected chi connectivity index (χ1v) is 8.91. The Morgan fingerprint density at radius 3 is 2.27 bits per heavy atom. The molecule has 3 rings (SSSR count). The number of ether oxygens (including phenoxy) is 1. The molecule has 3 heteroatoms. The lowest BCUT2D eigenvalue weighted by Crippen LogP contribution is -2.15. The third-order valence-electron chi connectivity index (χ3n) is 4.71. The molecule has 0 aromatic heterocycles. The van der Waals surface area contributed by atoms with Gasteiger partial charge in [0.15, 0.2) is 0 Å². The minimum atomic E-state index is 0.231. The summed E-state index contributed by atoms with van der Waals surface area (Å²) in [6.45, 7) is 3.24. The van der Waals surface area contributed by atoms with Gasteiger partial charge in [-0.2, -0.15) is 0 Å². The summed E-state index contributed by atoms with van der Waals surface area (Å²) in [5, 5.41) is 9.44. The molecule has 0 radical (unpaired) electrons. The molecular weight excluding hydrogens is 322 g/mol. The van der Waals surface area contributed by atoms with E-state index in [1.807, 2.05) is 36.4 Å². The van der Waals surface area contributed by atoms with Gasteiger partial charge in [-0.15, -0.1) is 0 Å². The van der Waals surface area contributed by atoms with Crippen molar-refractivity contribution in [2.45, 2.75) is 25.9 Å². The minimum Gasteiger partial charge on any atom is -0.508 e. The minimum absolute atomic E-state index is 0.231. The van der Waals surface area contributed by atoms with Crippen molar-refractivity contribution < 1.29 is 9.84 Å². The highest BCUT2D eigenvalue weighted by atomic mass is 16.5. The molecule has 0 bridgehead atoms. The van der Waals surface area contributed by atoms with Gasteiger partial charge in [0.2, 0.25) is 0 Å². The number of phenols is 1. The molecule has 0 aliphatic rings. The molecule has 134 valence electrons.